The van der Waals surface area contributed by atoms with Gasteiger partial charge in [-0.05, 0) is 31.0 Å². The highest BCUT2D eigenvalue weighted by Crippen LogP contribution is 2.29. The van der Waals surface area contributed by atoms with Gasteiger partial charge in [0.15, 0.2) is 0 Å². The second kappa shape index (κ2) is 9.11. The first-order valence-electron chi connectivity index (χ1n) is 9.69. The Morgan fingerprint density at radius 2 is 1.46 bits per heavy atom. The number of benzene rings is 2. The molecule has 0 amide bonds. The van der Waals surface area contributed by atoms with E-state index in [0.29, 0.717) is 6.04 Å². The monoisotopic (exact) mass is 351 g/mol. The van der Waals surface area contributed by atoms with Gasteiger partial charge in [-0.15, -0.1) is 0 Å². The quantitative estimate of drug-likeness (QED) is 0.754. The van der Waals surface area contributed by atoms with E-state index in [1.807, 2.05) is 72.6 Å². The van der Waals surface area contributed by atoms with Crippen molar-refractivity contribution in [2.75, 3.05) is 7.05 Å². The molecule has 1 atom stereocenters. The van der Waals surface area contributed by atoms with Gasteiger partial charge in [0.05, 0.1) is 5.92 Å². The summed E-state index contributed by atoms with van der Waals surface area (Å²) in [5, 5.41) is 10.7. The Balaban J connectivity index is 1.75. The maximum atomic E-state index is 13.2. The summed E-state index contributed by atoms with van der Waals surface area (Å²) in [6.07, 6.45) is 5.37. The highest BCUT2D eigenvalue weighted by atomic mass is 16.3. The average Bonchev–Trinajstić information content (AvgIpc) is 2.70. The van der Waals surface area contributed by atoms with E-state index in [9.17, 15) is 9.90 Å². The van der Waals surface area contributed by atoms with Crippen molar-refractivity contribution in [3.63, 3.8) is 0 Å². The van der Waals surface area contributed by atoms with Gasteiger partial charge in [-0.1, -0.05) is 79.9 Å². The number of Topliss-reactive ketones (excluding diaryl/α,β-unsaturated/α-hetero) is 1. The first-order valence-corrected chi connectivity index (χ1v) is 9.69. The lowest BCUT2D eigenvalue weighted by Crippen LogP contribution is -2.42. The molecule has 0 spiro atoms. The average molecular weight is 351 g/mol. The maximum absolute atomic E-state index is 13.2. The van der Waals surface area contributed by atoms with Crippen LogP contribution in [-0.4, -0.2) is 35.1 Å². The third-order valence-corrected chi connectivity index (χ3v) is 5.59. The van der Waals surface area contributed by atoms with E-state index in [1.165, 1.54) is 19.3 Å². The van der Waals surface area contributed by atoms with Crippen molar-refractivity contribution < 1.29 is 9.90 Å². The zero-order valence-electron chi connectivity index (χ0n) is 15.6. The molecule has 1 N–H and O–H groups in total. The van der Waals surface area contributed by atoms with Crippen molar-refractivity contribution in [2.24, 2.45) is 0 Å². The zero-order chi connectivity index (χ0) is 18.4. The van der Waals surface area contributed by atoms with Gasteiger partial charge in [0.25, 0.3) is 0 Å². The van der Waals surface area contributed by atoms with E-state index in [2.05, 4.69) is 0 Å². The van der Waals surface area contributed by atoms with Crippen LogP contribution in [0.15, 0.2) is 60.7 Å². The van der Waals surface area contributed by atoms with Crippen LogP contribution < -0.4 is 0 Å². The number of nitrogens with zero attached hydrogens (tertiary/aromatic N) is 1. The Hall–Kier alpha value is -1.97. The molecule has 0 aliphatic heterocycles. The fourth-order valence-electron chi connectivity index (χ4n) is 4.03. The molecule has 1 aliphatic rings. The minimum Gasteiger partial charge on any atom is -0.378 e. The fourth-order valence-corrected chi connectivity index (χ4v) is 4.03. The lowest BCUT2D eigenvalue weighted by molar-refractivity contribution is -0.125. The van der Waals surface area contributed by atoms with Gasteiger partial charge >= 0.3 is 0 Å². The van der Waals surface area contributed by atoms with Gasteiger partial charge in [0, 0.05) is 12.5 Å². The minimum atomic E-state index is -0.722. The Kier molecular flexibility index (Phi) is 6.59. The molecule has 3 rings (SSSR count). The van der Waals surface area contributed by atoms with E-state index in [0.717, 1.165) is 24.0 Å². The van der Waals surface area contributed by atoms with Gasteiger partial charge < -0.3 is 5.11 Å². The number of ketones is 1. The van der Waals surface area contributed by atoms with Gasteiger partial charge in [-0.25, -0.2) is 0 Å². The van der Waals surface area contributed by atoms with E-state index in [1.54, 1.807) is 0 Å². The van der Waals surface area contributed by atoms with E-state index < -0.39 is 6.23 Å². The van der Waals surface area contributed by atoms with Crippen molar-refractivity contribution in [2.45, 2.75) is 56.7 Å². The standard InChI is InChI=1S/C23H29NO2/c1-24(20-15-9-4-10-16-20)22(26)17-21(25)23(18-11-5-2-6-12-18)19-13-7-3-8-14-19/h2-3,5-8,11-14,20,22-23,26H,4,9-10,15-17H2,1H3. The van der Waals surface area contributed by atoms with Crippen LogP contribution >= 0.6 is 0 Å². The number of carbonyl (C=O) groups is 1. The van der Waals surface area contributed by atoms with Crippen molar-refractivity contribution >= 4 is 5.78 Å². The predicted molar refractivity (Wildman–Crippen MR) is 105 cm³/mol. The summed E-state index contributed by atoms with van der Waals surface area (Å²) in [6, 6.07) is 20.1. The van der Waals surface area contributed by atoms with Crippen LogP contribution in [0.3, 0.4) is 0 Å². The van der Waals surface area contributed by atoms with E-state index in [4.69, 9.17) is 0 Å². The first-order chi connectivity index (χ1) is 12.7. The molecule has 138 valence electrons. The minimum absolute atomic E-state index is 0.0672. The SMILES string of the molecule is CN(C(O)CC(=O)C(c1ccccc1)c1ccccc1)C1CCCCC1. The molecule has 3 heteroatoms. The van der Waals surface area contributed by atoms with Gasteiger partial charge in [0.1, 0.15) is 12.0 Å². The number of carbonyl (C=O) groups excluding carboxylic acids is 1. The number of rotatable bonds is 7. The summed E-state index contributed by atoms with van der Waals surface area (Å²) >= 11 is 0. The Labute approximate surface area is 156 Å². The van der Waals surface area contributed by atoms with Crippen molar-refractivity contribution in [1.82, 2.24) is 4.90 Å². The Morgan fingerprint density at radius 3 is 1.96 bits per heavy atom. The van der Waals surface area contributed by atoms with Crippen LogP contribution in [0.25, 0.3) is 0 Å². The third-order valence-electron chi connectivity index (χ3n) is 5.59. The van der Waals surface area contributed by atoms with Gasteiger partial charge in [-0.3, -0.25) is 9.69 Å². The lowest BCUT2D eigenvalue weighted by Gasteiger charge is -2.34. The van der Waals surface area contributed by atoms with Crippen molar-refractivity contribution in [3.8, 4) is 0 Å². The molecule has 3 nitrogen and oxygen atoms in total. The third kappa shape index (κ3) is 4.60. The highest BCUT2D eigenvalue weighted by molar-refractivity contribution is 5.89. The zero-order valence-corrected chi connectivity index (χ0v) is 15.6. The predicted octanol–water partition coefficient (Wildman–Crippen LogP) is 4.36. The molecule has 0 heterocycles. The second-order valence-electron chi connectivity index (χ2n) is 7.36. The molecule has 1 aliphatic carbocycles. The second-order valence-corrected chi connectivity index (χ2v) is 7.36. The molecule has 1 saturated carbocycles. The smallest absolute Gasteiger partial charge is 0.148 e. The molecule has 2 aromatic carbocycles. The largest absolute Gasteiger partial charge is 0.378 e. The summed E-state index contributed by atoms with van der Waals surface area (Å²) in [7, 11) is 1.95. The number of hydrogen-bond donors (Lipinski definition) is 1. The maximum Gasteiger partial charge on any atom is 0.148 e. The molecule has 2 aromatic rings. The van der Waals surface area contributed by atoms with Crippen LogP contribution in [0.5, 0.6) is 0 Å². The summed E-state index contributed by atoms with van der Waals surface area (Å²) < 4.78 is 0. The summed E-state index contributed by atoms with van der Waals surface area (Å²) in [5.41, 5.74) is 1.97. The summed E-state index contributed by atoms with van der Waals surface area (Å²) in [5.74, 6) is -0.260. The van der Waals surface area contributed by atoms with Gasteiger partial charge in [-0.2, -0.15) is 0 Å². The fraction of sp³-hybridized carbons (Fsp3) is 0.435. The van der Waals surface area contributed by atoms with Crippen LogP contribution in [0, 0.1) is 0 Å². The topological polar surface area (TPSA) is 40.5 Å². The van der Waals surface area contributed by atoms with Crippen LogP contribution in [0.1, 0.15) is 55.6 Å². The van der Waals surface area contributed by atoms with E-state index >= 15 is 0 Å². The highest BCUT2D eigenvalue weighted by Gasteiger charge is 2.29. The number of aliphatic hydroxyl groups excluding tert-OH is 1. The Bertz CT molecular complexity index is 640. The number of hydrogen-bond acceptors (Lipinski definition) is 3. The normalized spacial score (nSPS) is 16.8. The summed E-state index contributed by atoms with van der Waals surface area (Å²) in [4.78, 5) is 15.2. The molecule has 0 radical (unpaired) electrons. The molecule has 1 unspecified atom stereocenters. The molecule has 0 bridgehead atoms. The van der Waals surface area contributed by atoms with Crippen molar-refractivity contribution in [3.05, 3.63) is 71.8 Å². The molecule has 0 aromatic heterocycles. The lowest BCUT2D eigenvalue weighted by atomic mass is 9.86. The first kappa shape index (κ1) is 18.8. The van der Waals surface area contributed by atoms with Crippen LogP contribution in [0.2, 0.25) is 0 Å². The van der Waals surface area contributed by atoms with Crippen LogP contribution in [-0.2, 0) is 4.79 Å². The van der Waals surface area contributed by atoms with Crippen LogP contribution in [0.4, 0.5) is 0 Å². The molecule has 26 heavy (non-hydrogen) atoms. The Morgan fingerprint density at radius 1 is 0.962 bits per heavy atom. The molecular formula is C23H29NO2. The van der Waals surface area contributed by atoms with E-state index in [-0.39, 0.29) is 18.1 Å². The molecular weight excluding hydrogens is 322 g/mol. The molecule has 1 fully saturated rings. The summed E-state index contributed by atoms with van der Waals surface area (Å²) in [6.45, 7) is 0. The van der Waals surface area contributed by atoms with Gasteiger partial charge in [0.2, 0.25) is 0 Å². The van der Waals surface area contributed by atoms with Crippen molar-refractivity contribution in [1.29, 1.82) is 0 Å². The molecule has 0 saturated heterocycles. The number of aliphatic hydroxyl groups is 1.